The number of aromatic nitrogens is 2. The molecule has 0 spiro atoms. The molecule has 2 heterocycles. The van der Waals surface area contributed by atoms with E-state index >= 15 is 0 Å². The van der Waals surface area contributed by atoms with Crippen LogP contribution in [0.5, 0.6) is 5.75 Å². The van der Waals surface area contributed by atoms with Gasteiger partial charge in [0.15, 0.2) is 0 Å². The lowest BCUT2D eigenvalue weighted by Crippen LogP contribution is -2.36. The standard InChI is InChI=1S/C22H26N4O3/c1-15(2)21(27)23-10-11-24-22(28)17-6-8-19(9-7-17)29-14-18-13-26-12-4-5-16(3)20(26)25-18/h4-9,12-13,15H,10-11,14H2,1-3H3,(H,23,27)(H,24,28). The van der Waals surface area contributed by atoms with E-state index in [1.165, 1.54) is 0 Å². The maximum Gasteiger partial charge on any atom is 0.251 e. The highest BCUT2D eigenvalue weighted by molar-refractivity contribution is 5.94. The number of nitrogens with one attached hydrogen (secondary N) is 2. The lowest BCUT2D eigenvalue weighted by molar-refractivity contribution is -0.123. The highest BCUT2D eigenvalue weighted by Gasteiger charge is 2.08. The summed E-state index contributed by atoms with van der Waals surface area (Å²) in [6, 6.07) is 11.0. The van der Waals surface area contributed by atoms with Gasteiger partial charge in [0.25, 0.3) is 5.91 Å². The number of benzene rings is 1. The summed E-state index contributed by atoms with van der Waals surface area (Å²) in [4.78, 5) is 28.2. The van der Waals surface area contributed by atoms with Gasteiger partial charge in [-0.2, -0.15) is 0 Å². The number of fused-ring (bicyclic) bond motifs is 1. The zero-order valence-electron chi connectivity index (χ0n) is 16.9. The Balaban J connectivity index is 1.48. The second kappa shape index (κ2) is 9.23. The van der Waals surface area contributed by atoms with Crippen molar-refractivity contribution in [1.29, 1.82) is 0 Å². The topological polar surface area (TPSA) is 84.7 Å². The minimum absolute atomic E-state index is 0.0264. The molecule has 0 aliphatic carbocycles. The Kier molecular flexibility index (Phi) is 6.49. The Bertz CT molecular complexity index is 993. The Morgan fingerprint density at radius 3 is 2.52 bits per heavy atom. The number of pyridine rings is 1. The SMILES string of the molecule is Cc1cccn2cc(COc3ccc(C(=O)NCCNC(=O)C(C)C)cc3)nc12. The first-order valence-electron chi connectivity index (χ1n) is 9.66. The van der Waals surface area contributed by atoms with Gasteiger partial charge >= 0.3 is 0 Å². The van der Waals surface area contributed by atoms with Crippen LogP contribution in [0.4, 0.5) is 0 Å². The number of hydrogen-bond donors (Lipinski definition) is 2. The fourth-order valence-corrected chi connectivity index (χ4v) is 2.80. The summed E-state index contributed by atoms with van der Waals surface area (Å²) < 4.78 is 7.77. The van der Waals surface area contributed by atoms with Gasteiger partial charge in [-0.05, 0) is 42.8 Å². The number of rotatable bonds is 8. The number of carbonyl (C=O) groups is 2. The van der Waals surface area contributed by atoms with Crippen molar-refractivity contribution in [3.05, 3.63) is 65.6 Å². The number of carbonyl (C=O) groups excluding carboxylic acids is 2. The average Bonchev–Trinajstić information content (AvgIpc) is 3.14. The number of imidazole rings is 1. The second-order valence-corrected chi connectivity index (χ2v) is 7.17. The number of hydrogen-bond acceptors (Lipinski definition) is 4. The van der Waals surface area contributed by atoms with E-state index in [-0.39, 0.29) is 17.7 Å². The molecule has 2 N–H and O–H groups in total. The molecule has 3 rings (SSSR count). The van der Waals surface area contributed by atoms with Gasteiger partial charge in [0.2, 0.25) is 5.91 Å². The Hall–Kier alpha value is -3.35. The molecule has 0 fully saturated rings. The van der Waals surface area contributed by atoms with Gasteiger partial charge in [-0.3, -0.25) is 9.59 Å². The molecule has 2 aromatic heterocycles. The van der Waals surface area contributed by atoms with Crippen molar-refractivity contribution < 1.29 is 14.3 Å². The number of ether oxygens (including phenoxy) is 1. The average molecular weight is 394 g/mol. The van der Waals surface area contributed by atoms with E-state index in [1.807, 2.05) is 49.7 Å². The van der Waals surface area contributed by atoms with Crippen LogP contribution in [0.2, 0.25) is 0 Å². The first-order valence-corrected chi connectivity index (χ1v) is 9.66. The summed E-state index contributed by atoms with van der Waals surface area (Å²) in [5.41, 5.74) is 3.40. The molecule has 0 atom stereocenters. The highest BCUT2D eigenvalue weighted by Crippen LogP contribution is 2.15. The molecule has 0 aliphatic rings. The third-order valence-electron chi connectivity index (χ3n) is 4.47. The second-order valence-electron chi connectivity index (χ2n) is 7.17. The summed E-state index contributed by atoms with van der Waals surface area (Å²) >= 11 is 0. The lowest BCUT2D eigenvalue weighted by atomic mass is 10.2. The zero-order chi connectivity index (χ0) is 20.8. The molecule has 7 heteroatoms. The van der Waals surface area contributed by atoms with Gasteiger partial charge in [-0.15, -0.1) is 0 Å². The fraction of sp³-hybridized carbons (Fsp3) is 0.318. The first kappa shape index (κ1) is 20.4. The minimum atomic E-state index is -0.189. The lowest BCUT2D eigenvalue weighted by Gasteiger charge is -2.09. The largest absolute Gasteiger partial charge is 0.487 e. The molecule has 7 nitrogen and oxygen atoms in total. The predicted molar refractivity (Wildman–Crippen MR) is 111 cm³/mol. The van der Waals surface area contributed by atoms with Gasteiger partial charge in [0.1, 0.15) is 18.0 Å². The Labute approximate surface area is 170 Å². The molecule has 0 unspecified atom stereocenters. The Morgan fingerprint density at radius 1 is 1.10 bits per heavy atom. The summed E-state index contributed by atoms with van der Waals surface area (Å²) in [7, 11) is 0. The van der Waals surface area contributed by atoms with Gasteiger partial charge < -0.3 is 19.8 Å². The van der Waals surface area contributed by atoms with Crippen molar-refractivity contribution in [1.82, 2.24) is 20.0 Å². The molecule has 0 saturated heterocycles. The smallest absolute Gasteiger partial charge is 0.251 e. The van der Waals surface area contributed by atoms with Crippen LogP contribution in [-0.4, -0.2) is 34.3 Å². The first-order chi connectivity index (χ1) is 13.9. The number of amides is 2. The van der Waals surface area contributed by atoms with Crippen molar-refractivity contribution in [2.45, 2.75) is 27.4 Å². The summed E-state index contributed by atoms with van der Waals surface area (Å²) in [5.74, 6) is 0.384. The van der Waals surface area contributed by atoms with Gasteiger partial charge in [0.05, 0.1) is 5.69 Å². The third kappa shape index (κ3) is 5.34. The van der Waals surface area contributed by atoms with Gasteiger partial charge in [0, 0.05) is 37.0 Å². The van der Waals surface area contributed by atoms with Crippen LogP contribution in [0, 0.1) is 12.8 Å². The van der Waals surface area contributed by atoms with Crippen molar-refractivity contribution in [3.63, 3.8) is 0 Å². The van der Waals surface area contributed by atoms with E-state index in [9.17, 15) is 9.59 Å². The fourth-order valence-electron chi connectivity index (χ4n) is 2.80. The molecule has 0 saturated carbocycles. The molecule has 0 aliphatic heterocycles. The maximum atomic E-state index is 12.2. The van der Waals surface area contributed by atoms with E-state index in [4.69, 9.17) is 4.74 Å². The van der Waals surface area contributed by atoms with Crippen LogP contribution >= 0.6 is 0 Å². The van der Waals surface area contributed by atoms with Crippen LogP contribution in [0.15, 0.2) is 48.8 Å². The third-order valence-corrected chi connectivity index (χ3v) is 4.47. The van der Waals surface area contributed by atoms with Crippen LogP contribution in [0.1, 0.15) is 35.5 Å². The summed E-state index contributed by atoms with van der Waals surface area (Å²) in [6.45, 7) is 6.81. The number of nitrogens with zero attached hydrogens (tertiary/aromatic N) is 2. The van der Waals surface area contributed by atoms with E-state index in [0.717, 1.165) is 16.9 Å². The molecular formula is C22H26N4O3. The Morgan fingerprint density at radius 2 is 1.83 bits per heavy atom. The molecule has 29 heavy (non-hydrogen) atoms. The molecular weight excluding hydrogens is 368 g/mol. The van der Waals surface area contributed by atoms with Crippen molar-refractivity contribution in [3.8, 4) is 5.75 Å². The molecule has 2 amide bonds. The molecule has 152 valence electrons. The van der Waals surface area contributed by atoms with Crippen molar-refractivity contribution in [2.24, 2.45) is 5.92 Å². The monoisotopic (exact) mass is 394 g/mol. The van der Waals surface area contributed by atoms with Crippen molar-refractivity contribution >= 4 is 17.5 Å². The van der Waals surface area contributed by atoms with E-state index in [2.05, 4.69) is 15.6 Å². The van der Waals surface area contributed by atoms with Crippen molar-refractivity contribution in [2.75, 3.05) is 13.1 Å². The van der Waals surface area contributed by atoms with Crippen LogP contribution in [0.25, 0.3) is 5.65 Å². The molecule has 0 bridgehead atoms. The highest BCUT2D eigenvalue weighted by atomic mass is 16.5. The molecule has 1 aromatic carbocycles. The normalized spacial score (nSPS) is 10.9. The maximum absolute atomic E-state index is 12.2. The van der Waals surface area contributed by atoms with Crippen LogP contribution in [0.3, 0.4) is 0 Å². The van der Waals surface area contributed by atoms with Gasteiger partial charge in [-0.1, -0.05) is 19.9 Å². The van der Waals surface area contributed by atoms with Crippen LogP contribution < -0.4 is 15.4 Å². The predicted octanol–water partition coefficient (Wildman–Crippen LogP) is 2.72. The van der Waals surface area contributed by atoms with Crippen LogP contribution in [-0.2, 0) is 11.4 Å². The summed E-state index contributed by atoms with van der Waals surface area (Å²) in [6.07, 6.45) is 3.91. The van der Waals surface area contributed by atoms with E-state index < -0.39 is 0 Å². The quantitative estimate of drug-likeness (QED) is 0.576. The zero-order valence-corrected chi connectivity index (χ0v) is 16.9. The number of aryl methyl sites for hydroxylation is 1. The van der Waals surface area contributed by atoms with E-state index in [0.29, 0.717) is 31.0 Å². The minimum Gasteiger partial charge on any atom is -0.487 e. The molecule has 0 radical (unpaired) electrons. The molecule has 3 aromatic rings. The van der Waals surface area contributed by atoms with Gasteiger partial charge in [-0.25, -0.2) is 4.98 Å². The summed E-state index contributed by atoms with van der Waals surface area (Å²) in [5, 5.41) is 5.55. The van der Waals surface area contributed by atoms with E-state index in [1.54, 1.807) is 24.3 Å².